The molecule has 1 atom stereocenters. The first kappa shape index (κ1) is 18.5. The van der Waals surface area contributed by atoms with E-state index in [4.69, 9.17) is 4.74 Å². The molecule has 0 saturated carbocycles. The zero-order valence-electron chi connectivity index (χ0n) is 15.9. The van der Waals surface area contributed by atoms with E-state index in [1.54, 1.807) is 7.05 Å². The van der Waals surface area contributed by atoms with Crippen LogP contribution in [-0.2, 0) is 4.79 Å². The van der Waals surface area contributed by atoms with E-state index < -0.39 is 0 Å². The number of benzene rings is 1. The molecule has 1 aromatic carbocycles. The number of fused-ring (bicyclic) bond motifs is 1. The highest BCUT2D eigenvalue weighted by atomic mass is 16.5. The van der Waals surface area contributed by atoms with Crippen molar-refractivity contribution >= 4 is 11.9 Å². The summed E-state index contributed by atoms with van der Waals surface area (Å²) in [5, 5.41) is 5.69. The molecule has 142 valence electrons. The van der Waals surface area contributed by atoms with Crippen LogP contribution in [0.1, 0.15) is 51.0 Å². The molecule has 26 heavy (non-hydrogen) atoms. The Morgan fingerprint density at radius 2 is 1.96 bits per heavy atom. The molecule has 2 N–H and O–H groups in total. The highest BCUT2D eigenvalue weighted by molar-refractivity contribution is 5.77. The highest BCUT2D eigenvalue weighted by Gasteiger charge is 2.44. The average Bonchev–Trinajstić information content (AvgIpc) is 2.61. The molecule has 0 radical (unpaired) electrons. The lowest BCUT2D eigenvalue weighted by atomic mass is 9.76. The monoisotopic (exact) mass is 359 g/mol. The zero-order chi connectivity index (χ0) is 18.7. The highest BCUT2D eigenvalue weighted by Crippen LogP contribution is 2.46. The lowest BCUT2D eigenvalue weighted by Crippen LogP contribution is -2.54. The van der Waals surface area contributed by atoms with Crippen LogP contribution in [0.2, 0.25) is 0 Å². The minimum atomic E-state index is -0.290. The van der Waals surface area contributed by atoms with E-state index in [1.807, 2.05) is 36.9 Å². The molecule has 1 aromatic rings. The zero-order valence-corrected chi connectivity index (χ0v) is 15.9. The van der Waals surface area contributed by atoms with Gasteiger partial charge in [0, 0.05) is 51.4 Å². The molecular weight excluding hydrogens is 330 g/mol. The van der Waals surface area contributed by atoms with Crippen LogP contribution in [0.25, 0.3) is 0 Å². The third-order valence-electron chi connectivity index (χ3n) is 5.39. The van der Waals surface area contributed by atoms with Crippen LogP contribution >= 0.6 is 0 Å². The lowest BCUT2D eigenvalue weighted by Gasteiger charge is -2.47. The Morgan fingerprint density at radius 3 is 2.62 bits per heavy atom. The fraction of sp³-hybridized carbons (Fsp3) is 0.600. The molecule has 6 heteroatoms. The smallest absolute Gasteiger partial charge is 0.317 e. The number of para-hydroxylation sites is 1. The number of urea groups is 1. The van der Waals surface area contributed by atoms with Gasteiger partial charge < -0.3 is 20.3 Å². The number of rotatable bonds is 3. The summed E-state index contributed by atoms with van der Waals surface area (Å²) in [6.07, 6.45) is 2.86. The second-order valence-electron chi connectivity index (χ2n) is 7.69. The van der Waals surface area contributed by atoms with E-state index in [1.165, 1.54) is 0 Å². The first-order valence-electron chi connectivity index (χ1n) is 9.46. The molecule has 2 aliphatic heterocycles. The van der Waals surface area contributed by atoms with Crippen molar-refractivity contribution in [2.75, 3.05) is 20.1 Å². The van der Waals surface area contributed by atoms with Gasteiger partial charge in [0.1, 0.15) is 11.4 Å². The molecule has 1 spiro atoms. The third-order valence-corrected chi connectivity index (χ3v) is 5.39. The second kappa shape index (κ2) is 7.56. The van der Waals surface area contributed by atoms with E-state index in [-0.39, 0.29) is 29.5 Å². The van der Waals surface area contributed by atoms with E-state index in [0.717, 1.165) is 30.6 Å². The third kappa shape index (κ3) is 3.94. The van der Waals surface area contributed by atoms with Crippen molar-refractivity contribution in [2.45, 2.75) is 57.1 Å². The number of hydrogen-bond acceptors (Lipinski definition) is 3. The normalized spacial score (nSPS) is 21.1. The number of ether oxygens (including phenoxy) is 1. The molecule has 0 aromatic heterocycles. The number of piperidine rings is 1. The number of carbonyl (C=O) groups excluding carboxylic acids is 2. The first-order chi connectivity index (χ1) is 12.4. The Kier molecular flexibility index (Phi) is 5.39. The number of hydrogen-bond donors (Lipinski definition) is 2. The molecule has 0 bridgehead atoms. The number of nitrogens with zero attached hydrogens (tertiary/aromatic N) is 1. The number of amides is 3. The van der Waals surface area contributed by atoms with Crippen molar-refractivity contribution in [1.82, 2.24) is 15.5 Å². The predicted octanol–water partition coefficient (Wildman–Crippen LogP) is 2.64. The van der Waals surface area contributed by atoms with Crippen LogP contribution in [0.3, 0.4) is 0 Å². The summed E-state index contributed by atoms with van der Waals surface area (Å²) in [4.78, 5) is 26.1. The maximum absolute atomic E-state index is 12.2. The van der Waals surface area contributed by atoms with Gasteiger partial charge in [0.2, 0.25) is 5.91 Å². The van der Waals surface area contributed by atoms with E-state index in [9.17, 15) is 9.59 Å². The molecule has 3 amide bonds. The largest absolute Gasteiger partial charge is 0.487 e. The summed E-state index contributed by atoms with van der Waals surface area (Å²) in [5.41, 5.74) is 0.823. The lowest BCUT2D eigenvalue weighted by molar-refractivity contribution is -0.121. The van der Waals surface area contributed by atoms with Crippen molar-refractivity contribution < 1.29 is 14.3 Å². The summed E-state index contributed by atoms with van der Waals surface area (Å²) < 4.78 is 6.42. The van der Waals surface area contributed by atoms with Crippen molar-refractivity contribution in [3.8, 4) is 5.75 Å². The Bertz CT molecular complexity index is 666. The summed E-state index contributed by atoms with van der Waals surface area (Å²) in [7, 11) is 1.68. The molecule has 0 unspecified atom stereocenters. The van der Waals surface area contributed by atoms with Crippen molar-refractivity contribution in [3.63, 3.8) is 0 Å². The second-order valence-corrected chi connectivity index (χ2v) is 7.69. The Hall–Kier alpha value is -2.24. The van der Waals surface area contributed by atoms with Gasteiger partial charge in [-0.2, -0.15) is 0 Å². The quantitative estimate of drug-likeness (QED) is 0.872. The standard InChI is InChI=1S/C20H29N3O3/c1-14(2)22-19(25)23-10-8-20(9-11-23)13-15(12-18(24)21-3)16-6-4-5-7-17(16)26-20/h4-7,14-15H,8-13H2,1-3H3,(H,21,24)(H,22,25)/t15-/m1/s1. The Labute approximate surface area is 155 Å². The molecular formula is C20H29N3O3. The topological polar surface area (TPSA) is 70.7 Å². The van der Waals surface area contributed by atoms with Gasteiger partial charge in [0.05, 0.1) is 0 Å². The fourth-order valence-corrected chi connectivity index (χ4v) is 4.01. The first-order valence-corrected chi connectivity index (χ1v) is 9.46. The van der Waals surface area contributed by atoms with Gasteiger partial charge in [-0.3, -0.25) is 4.79 Å². The van der Waals surface area contributed by atoms with E-state index in [0.29, 0.717) is 19.5 Å². The van der Waals surface area contributed by atoms with E-state index >= 15 is 0 Å². The van der Waals surface area contributed by atoms with Crippen molar-refractivity contribution in [1.29, 1.82) is 0 Å². The van der Waals surface area contributed by atoms with Crippen LogP contribution in [0.15, 0.2) is 24.3 Å². The van der Waals surface area contributed by atoms with E-state index in [2.05, 4.69) is 16.7 Å². The molecule has 2 heterocycles. The van der Waals surface area contributed by atoms with Gasteiger partial charge in [0.25, 0.3) is 0 Å². The molecule has 1 saturated heterocycles. The summed E-state index contributed by atoms with van der Waals surface area (Å²) in [5.74, 6) is 1.08. The summed E-state index contributed by atoms with van der Waals surface area (Å²) in [6, 6.07) is 8.14. The Balaban J connectivity index is 1.73. The Morgan fingerprint density at radius 1 is 1.27 bits per heavy atom. The van der Waals surface area contributed by atoms with Gasteiger partial charge in [-0.25, -0.2) is 4.79 Å². The summed E-state index contributed by atoms with van der Waals surface area (Å²) in [6.45, 7) is 5.28. The minimum absolute atomic E-state index is 0.00651. The maximum Gasteiger partial charge on any atom is 0.317 e. The van der Waals surface area contributed by atoms with Gasteiger partial charge in [0.15, 0.2) is 0 Å². The SMILES string of the molecule is CNC(=O)C[C@@H]1CC2(CCN(C(=O)NC(C)C)CC2)Oc2ccccc21. The molecule has 0 aliphatic carbocycles. The number of likely N-dealkylation sites (tertiary alicyclic amines) is 1. The number of nitrogens with one attached hydrogen (secondary N) is 2. The average molecular weight is 359 g/mol. The van der Waals surface area contributed by atoms with Gasteiger partial charge >= 0.3 is 6.03 Å². The van der Waals surface area contributed by atoms with Crippen LogP contribution in [0.5, 0.6) is 5.75 Å². The molecule has 6 nitrogen and oxygen atoms in total. The van der Waals surface area contributed by atoms with Gasteiger partial charge in [-0.1, -0.05) is 18.2 Å². The fourth-order valence-electron chi connectivity index (χ4n) is 4.01. The number of carbonyl (C=O) groups is 2. The van der Waals surface area contributed by atoms with Gasteiger partial charge in [-0.15, -0.1) is 0 Å². The van der Waals surface area contributed by atoms with Crippen LogP contribution in [0, 0.1) is 0 Å². The minimum Gasteiger partial charge on any atom is -0.487 e. The summed E-state index contributed by atoms with van der Waals surface area (Å²) >= 11 is 0. The maximum atomic E-state index is 12.2. The van der Waals surface area contributed by atoms with Crippen molar-refractivity contribution in [2.24, 2.45) is 0 Å². The molecule has 3 rings (SSSR count). The van der Waals surface area contributed by atoms with Crippen LogP contribution in [-0.4, -0.2) is 48.6 Å². The van der Waals surface area contributed by atoms with Gasteiger partial charge in [-0.05, 0) is 31.9 Å². The van der Waals surface area contributed by atoms with Crippen LogP contribution in [0.4, 0.5) is 4.79 Å². The van der Waals surface area contributed by atoms with Crippen molar-refractivity contribution in [3.05, 3.63) is 29.8 Å². The molecule has 2 aliphatic rings. The molecule has 1 fully saturated rings. The predicted molar refractivity (Wildman–Crippen MR) is 100 cm³/mol. The van der Waals surface area contributed by atoms with Crippen LogP contribution < -0.4 is 15.4 Å².